The van der Waals surface area contributed by atoms with Crippen LogP contribution < -0.4 is 5.32 Å². The summed E-state index contributed by atoms with van der Waals surface area (Å²) in [6.07, 6.45) is -0.829. The smallest absolute Gasteiger partial charge is 0.312 e. The van der Waals surface area contributed by atoms with Crippen LogP contribution >= 0.6 is 0 Å². The fourth-order valence-corrected chi connectivity index (χ4v) is 0.854. The molecule has 6 nitrogen and oxygen atoms in total. The van der Waals surface area contributed by atoms with Gasteiger partial charge in [-0.25, -0.2) is 0 Å². The van der Waals surface area contributed by atoms with Gasteiger partial charge < -0.3 is 20.3 Å². The first-order valence-corrected chi connectivity index (χ1v) is 4.21. The highest BCUT2D eigenvalue weighted by molar-refractivity contribution is 5.93. The van der Waals surface area contributed by atoms with Crippen LogP contribution in [0, 0.1) is 0 Å². The Morgan fingerprint density at radius 1 is 1.50 bits per heavy atom. The molecule has 0 aromatic carbocycles. The van der Waals surface area contributed by atoms with E-state index in [1.807, 2.05) is 0 Å². The first kappa shape index (κ1) is 12.9. The number of ether oxygens (including phenoxy) is 1. The maximum atomic E-state index is 10.8. The number of nitrogens with one attached hydrogen (secondary N) is 1. The summed E-state index contributed by atoms with van der Waals surface area (Å²) in [5.41, 5.74) is 0. The van der Waals surface area contributed by atoms with Crippen LogP contribution in [0.3, 0.4) is 0 Å². The molecular weight excluding hydrogens is 190 g/mol. The van der Waals surface area contributed by atoms with Crippen LogP contribution in [0.15, 0.2) is 0 Å². The summed E-state index contributed by atoms with van der Waals surface area (Å²) >= 11 is 0. The van der Waals surface area contributed by atoms with Crippen molar-refractivity contribution in [1.29, 1.82) is 0 Å². The van der Waals surface area contributed by atoms with Gasteiger partial charge in [-0.15, -0.1) is 0 Å². The summed E-state index contributed by atoms with van der Waals surface area (Å²) in [5.74, 6) is -1.72. The van der Waals surface area contributed by atoms with Gasteiger partial charge in [-0.1, -0.05) is 0 Å². The maximum absolute atomic E-state index is 10.8. The van der Waals surface area contributed by atoms with Crippen molar-refractivity contribution < 1.29 is 24.5 Å². The molecule has 0 aliphatic carbocycles. The topological polar surface area (TPSA) is 95.9 Å². The highest BCUT2D eigenvalue weighted by atomic mass is 16.5. The zero-order chi connectivity index (χ0) is 11.0. The number of carbonyl (C=O) groups excluding carboxylic acids is 1. The van der Waals surface area contributed by atoms with Crippen LogP contribution in [0.25, 0.3) is 0 Å². The predicted octanol–water partition coefficient (Wildman–Crippen LogP) is -1.03. The van der Waals surface area contributed by atoms with Gasteiger partial charge in [0.15, 0.2) is 0 Å². The molecule has 0 rings (SSSR count). The minimum Gasteiger partial charge on any atom is -0.481 e. The largest absolute Gasteiger partial charge is 0.481 e. The number of hydrogen-bond acceptors (Lipinski definition) is 4. The van der Waals surface area contributed by atoms with E-state index in [4.69, 9.17) is 10.2 Å². The average molecular weight is 205 g/mol. The molecule has 0 fully saturated rings. The van der Waals surface area contributed by atoms with E-state index < -0.39 is 24.4 Å². The molecule has 1 atom stereocenters. The molecular formula is C8H15NO5. The molecule has 6 heteroatoms. The van der Waals surface area contributed by atoms with Gasteiger partial charge in [-0.05, 0) is 6.42 Å². The summed E-state index contributed by atoms with van der Waals surface area (Å²) < 4.78 is 4.67. The third kappa shape index (κ3) is 7.51. The van der Waals surface area contributed by atoms with Gasteiger partial charge in [-0.2, -0.15) is 0 Å². The lowest BCUT2D eigenvalue weighted by atomic mass is 10.2. The van der Waals surface area contributed by atoms with E-state index in [9.17, 15) is 9.59 Å². The number of amides is 1. The normalized spacial score (nSPS) is 12.1. The summed E-state index contributed by atoms with van der Waals surface area (Å²) in [7, 11) is 1.46. The van der Waals surface area contributed by atoms with Crippen molar-refractivity contribution in [2.45, 2.75) is 18.9 Å². The molecule has 1 amide bonds. The minimum atomic E-state index is -1.17. The van der Waals surface area contributed by atoms with E-state index in [-0.39, 0.29) is 13.2 Å². The fraction of sp³-hybridized carbons (Fsp3) is 0.750. The number of rotatable bonds is 7. The number of hydrogen-bond donors (Lipinski definition) is 3. The van der Waals surface area contributed by atoms with E-state index >= 15 is 0 Å². The molecule has 1 unspecified atom stereocenters. The van der Waals surface area contributed by atoms with Gasteiger partial charge in [0, 0.05) is 13.7 Å². The number of carboxylic acid groups (broad SMARTS) is 1. The van der Waals surface area contributed by atoms with Gasteiger partial charge in [0.1, 0.15) is 6.42 Å². The average Bonchev–Trinajstić information content (AvgIpc) is 2.02. The Hall–Kier alpha value is -1.14. The second-order valence-electron chi connectivity index (χ2n) is 2.82. The Bertz CT molecular complexity index is 194. The number of aliphatic hydroxyl groups excluding tert-OH is 1. The molecule has 0 radical (unpaired) electrons. The van der Waals surface area contributed by atoms with Crippen molar-refractivity contribution in [3.05, 3.63) is 0 Å². The van der Waals surface area contributed by atoms with Crippen molar-refractivity contribution in [1.82, 2.24) is 5.32 Å². The summed E-state index contributed by atoms with van der Waals surface area (Å²) in [6.45, 7) is 0.450. The van der Waals surface area contributed by atoms with Crippen molar-refractivity contribution in [3.63, 3.8) is 0 Å². The monoisotopic (exact) mass is 205 g/mol. The van der Waals surface area contributed by atoms with Crippen LogP contribution in [0.4, 0.5) is 0 Å². The van der Waals surface area contributed by atoms with E-state index in [0.717, 1.165) is 0 Å². The van der Waals surface area contributed by atoms with Crippen LogP contribution in [0.5, 0.6) is 0 Å². The molecule has 0 spiro atoms. The van der Waals surface area contributed by atoms with Crippen molar-refractivity contribution in [2.75, 3.05) is 20.3 Å². The van der Waals surface area contributed by atoms with Crippen LogP contribution in [0.2, 0.25) is 0 Å². The zero-order valence-electron chi connectivity index (χ0n) is 8.02. The van der Waals surface area contributed by atoms with Gasteiger partial charge >= 0.3 is 5.97 Å². The second-order valence-corrected chi connectivity index (χ2v) is 2.82. The van der Waals surface area contributed by atoms with Crippen molar-refractivity contribution in [2.24, 2.45) is 0 Å². The predicted molar refractivity (Wildman–Crippen MR) is 47.8 cm³/mol. The molecule has 0 aromatic rings. The number of carboxylic acids is 1. The molecule has 0 bridgehead atoms. The molecule has 14 heavy (non-hydrogen) atoms. The van der Waals surface area contributed by atoms with Gasteiger partial charge in [0.05, 0.1) is 12.7 Å². The van der Waals surface area contributed by atoms with Crippen molar-refractivity contribution >= 4 is 11.9 Å². The zero-order valence-corrected chi connectivity index (χ0v) is 8.02. The lowest BCUT2D eigenvalue weighted by molar-refractivity contribution is -0.140. The fourth-order valence-electron chi connectivity index (χ4n) is 0.854. The first-order valence-electron chi connectivity index (χ1n) is 4.21. The number of methoxy groups -OCH3 is 1. The molecule has 0 saturated heterocycles. The first-order chi connectivity index (χ1) is 6.56. The summed E-state index contributed by atoms with van der Waals surface area (Å²) in [6, 6.07) is 0. The Morgan fingerprint density at radius 3 is 2.64 bits per heavy atom. The highest BCUT2D eigenvalue weighted by Gasteiger charge is 2.08. The Morgan fingerprint density at radius 2 is 2.14 bits per heavy atom. The molecule has 0 saturated carbocycles. The third-order valence-electron chi connectivity index (χ3n) is 1.47. The van der Waals surface area contributed by atoms with Gasteiger partial charge in [-0.3, -0.25) is 9.59 Å². The summed E-state index contributed by atoms with van der Waals surface area (Å²) in [5, 5.41) is 19.8. The lowest BCUT2D eigenvalue weighted by Gasteiger charge is -2.09. The van der Waals surface area contributed by atoms with E-state index in [1.165, 1.54) is 7.11 Å². The number of carbonyl (C=O) groups is 2. The molecule has 0 aliphatic rings. The van der Waals surface area contributed by atoms with Crippen LogP contribution in [0.1, 0.15) is 12.8 Å². The van der Waals surface area contributed by atoms with Crippen molar-refractivity contribution in [3.8, 4) is 0 Å². The van der Waals surface area contributed by atoms with Crippen LogP contribution in [-0.4, -0.2) is 48.5 Å². The Balaban J connectivity index is 3.44. The highest BCUT2D eigenvalue weighted by Crippen LogP contribution is 1.90. The Kier molecular flexibility index (Phi) is 6.69. The standard InChI is InChI=1S/C8H15NO5/c1-14-5-6(10)2-3-9-7(11)4-8(12)13/h6,10H,2-5H2,1H3,(H,9,11)(H,12,13). The van der Waals surface area contributed by atoms with Gasteiger partial charge in [0.25, 0.3) is 0 Å². The number of aliphatic carboxylic acids is 1. The number of aliphatic hydroxyl groups is 1. The molecule has 3 N–H and O–H groups in total. The van der Waals surface area contributed by atoms with E-state index in [2.05, 4.69) is 10.1 Å². The van der Waals surface area contributed by atoms with E-state index in [1.54, 1.807) is 0 Å². The SMILES string of the molecule is COCC(O)CCNC(=O)CC(=O)O. The van der Waals surface area contributed by atoms with Crippen LogP contribution in [-0.2, 0) is 14.3 Å². The lowest BCUT2D eigenvalue weighted by Crippen LogP contribution is -2.29. The Labute approximate surface area is 81.9 Å². The minimum absolute atomic E-state index is 0.203. The second kappa shape index (κ2) is 7.28. The van der Waals surface area contributed by atoms with Gasteiger partial charge in [0.2, 0.25) is 5.91 Å². The van der Waals surface area contributed by atoms with E-state index in [0.29, 0.717) is 6.42 Å². The quantitative estimate of drug-likeness (QED) is 0.462. The molecule has 0 aliphatic heterocycles. The molecule has 0 heterocycles. The third-order valence-corrected chi connectivity index (χ3v) is 1.47. The molecule has 82 valence electrons. The summed E-state index contributed by atoms with van der Waals surface area (Å²) in [4.78, 5) is 20.9. The maximum Gasteiger partial charge on any atom is 0.312 e. The molecule has 0 aromatic heterocycles.